The molecule has 0 saturated heterocycles. The Morgan fingerprint density at radius 1 is 0.867 bits per heavy atom. The molecule has 0 aliphatic rings. The first-order valence-corrected chi connectivity index (χ1v) is 10.1. The van der Waals surface area contributed by atoms with E-state index in [2.05, 4.69) is 4.72 Å². The highest BCUT2D eigenvalue weighted by Gasteiger charge is 2.11. The highest BCUT2D eigenvalue weighted by molar-refractivity contribution is 7.73. The minimum atomic E-state index is -2.72. The molecule has 3 N–H and O–H groups in total. The zero-order chi connectivity index (χ0) is 21.1. The first-order valence-electron chi connectivity index (χ1n) is 8.97. The minimum absolute atomic E-state index is 0.430. The van der Waals surface area contributed by atoms with Gasteiger partial charge in [-0.1, -0.05) is 24.3 Å². The number of pyridine rings is 1. The number of rotatable bonds is 6. The van der Waals surface area contributed by atoms with Gasteiger partial charge in [-0.2, -0.15) is 0 Å². The van der Waals surface area contributed by atoms with E-state index in [1.807, 2.05) is 30.3 Å². The monoisotopic (exact) mass is 419 g/mol. The Labute approximate surface area is 174 Å². The average Bonchev–Trinajstić information content (AvgIpc) is 3.29. The van der Waals surface area contributed by atoms with Gasteiger partial charge in [-0.3, -0.25) is 9.52 Å². The summed E-state index contributed by atoms with van der Waals surface area (Å²) in [6, 6.07) is 21.3. The molecule has 2 heterocycles. The van der Waals surface area contributed by atoms with Crippen LogP contribution in [0.2, 0.25) is 0 Å². The number of nitrogens with two attached hydrogens (primary N) is 1. The van der Waals surface area contributed by atoms with Crippen molar-refractivity contribution in [1.82, 2.24) is 4.98 Å². The van der Waals surface area contributed by atoms with Crippen molar-refractivity contribution < 1.29 is 17.6 Å². The van der Waals surface area contributed by atoms with Gasteiger partial charge in [-0.15, -0.1) is 0 Å². The fourth-order valence-corrected chi connectivity index (χ4v) is 3.40. The Morgan fingerprint density at radius 2 is 1.53 bits per heavy atom. The lowest BCUT2D eigenvalue weighted by Gasteiger charge is -2.10. The summed E-state index contributed by atoms with van der Waals surface area (Å²) >= 11 is 0. The molecule has 0 fully saturated rings. The number of aromatic nitrogens is 1. The Morgan fingerprint density at radius 3 is 2.13 bits per heavy atom. The largest absolute Gasteiger partial charge is 0.463 e. The molecule has 0 radical (unpaired) electrons. The van der Waals surface area contributed by atoms with Crippen LogP contribution in [0.3, 0.4) is 0 Å². The molecule has 0 aliphatic carbocycles. The predicted octanol–water partition coefficient (Wildman–Crippen LogP) is 3.71. The van der Waals surface area contributed by atoms with Crippen LogP contribution in [0.4, 0.5) is 5.69 Å². The molecule has 7 nitrogen and oxygen atoms in total. The van der Waals surface area contributed by atoms with Crippen molar-refractivity contribution in [2.45, 2.75) is 0 Å². The van der Waals surface area contributed by atoms with E-state index in [4.69, 9.17) is 15.1 Å². The first-order chi connectivity index (χ1) is 14.5. The van der Waals surface area contributed by atoms with Crippen molar-refractivity contribution in [3.63, 3.8) is 0 Å². The maximum absolute atomic E-state index is 11.3. The number of furan rings is 1. The highest BCUT2D eigenvalue weighted by Crippen LogP contribution is 2.31. The Kier molecular flexibility index (Phi) is 5.32. The van der Waals surface area contributed by atoms with Gasteiger partial charge in [0, 0.05) is 16.8 Å². The summed E-state index contributed by atoms with van der Waals surface area (Å²) in [5.74, 6) is 0.135. The predicted molar refractivity (Wildman–Crippen MR) is 115 cm³/mol. The molecule has 0 bridgehead atoms. The molecule has 0 spiro atoms. The number of nitrogens with one attached hydrogen (secondary N) is 1. The van der Waals surface area contributed by atoms with Gasteiger partial charge in [-0.05, 0) is 59.7 Å². The van der Waals surface area contributed by atoms with E-state index in [-0.39, 0.29) is 0 Å². The molecule has 30 heavy (non-hydrogen) atoms. The van der Waals surface area contributed by atoms with Crippen molar-refractivity contribution in [2.24, 2.45) is 5.73 Å². The Balaban J connectivity index is 1.79. The van der Waals surface area contributed by atoms with Crippen LogP contribution < -0.4 is 10.5 Å². The van der Waals surface area contributed by atoms with Crippen LogP contribution in [-0.2, 0) is 10.9 Å². The van der Waals surface area contributed by atoms with E-state index < -0.39 is 16.8 Å². The number of hydrogen-bond acceptors (Lipinski definition) is 5. The molecular weight excluding hydrogens is 402 g/mol. The van der Waals surface area contributed by atoms with E-state index >= 15 is 0 Å². The number of hydrogen-bond donors (Lipinski definition) is 3. The lowest BCUT2D eigenvalue weighted by atomic mass is 10.0. The van der Waals surface area contributed by atoms with Gasteiger partial charge in [-0.25, -0.2) is 13.4 Å². The summed E-state index contributed by atoms with van der Waals surface area (Å²) in [7, 11) is -2.72. The summed E-state index contributed by atoms with van der Waals surface area (Å²) in [6.45, 7) is 0. The normalized spacial score (nSPS) is 10.8. The number of primary amides is 1. The fraction of sp³-hybridized carbons (Fsp3) is 0. The number of nitrogens with zero attached hydrogens (tertiary/aromatic N) is 1. The van der Waals surface area contributed by atoms with Crippen LogP contribution in [0, 0.1) is 0 Å². The van der Waals surface area contributed by atoms with Gasteiger partial charge in [0.2, 0.25) is 16.8 Å². The van der Waals surface area contributed by atoms with E-state index in [1.165, 1.54) is 0 Å². The highest BCUT2D eigenvalue weighted by atomic mass is 32.2. The van der Waals surface area contributed by atoms with Crippen molar-refractivity contribution in [2.75, 3.05) is 4.72 Å². The first kappa shape index (κ1) is 19.4. The molecule has 0 saturated carbocycles. The Bertz CT molecular complexity index is 1260. The molecule has 1 amide bonds. The van der Waals surface area contributed by atoms with Crippen LogP contribution in [0.1, 0.15) is 10.4 Å². The molecule has 4 rings (SSSR count). The van der Waals surface area contributed by atoms with Gasteiger partial charge in [0.1, 0.15) is 5.69 Å². The quantitative estimate of drug-likeness (QED) is 0.412. The summed E-state index contributed by atoms with van der Waals surface area (Å²) < 4.78 is 29.5. The maximum atomic E-state index is 11.3. The van der Waals surface area contributed by atoms with E-state index in [1.54, 1.807) is 48.7 Å². The van der Waals surface area contributed by atoms with Crippen molar-refractivity contribution >= 4 is 22.5 Å². The smallest absolute Gasteiger partial charge is 0.248 e. The second-order valence-electron chi connectivity index (χ2n) is 6.49. The van der Waals surface area contributed by atoms with Gasteiger partial charge >= 0.3 is 0 Å². The van der Waals surface area contributed by atoms with Crippen molar-refractivity contribution in [3.8, 4) is 33.8 Å². The van der Waals surface area contributed by atoms with Crippen LogP contribution in [0.25, 0.3) is 33.8 Å². The number of benzene rings is 2. The molecule has 2 aromatic heterocycles. The maximum Gasteiger partial charge on any atom is 0.248 e. The molecule has 0 unspecified atom stereocenters. The molecule has 2 aromatic carbocycles. The van der Waals surface area contributed by atoms with Gasteiger partial charge in [0.15, 0.2) is 5.76 Å². The SMILES string of the molecule is NC(=O)c1ccc(-c2cc(-c3ccc(N[SH](=O)=O)cc3)nc(-c3ccco3)c2)cc1. The third kappa shape index (κ3) is 4.23. The van der Waals surface area contributed by atoms with Crippen LogP contribution in [-0.4, -0.2) is 19.3 Å². The number of amides is 1. The third-order valence-electron chi connectivity index (χ3n) is 4.50. The molecule has 0 atom stereocenters. The standard InChI is InChI=1S/C22H17N3O4S/c23-22(26)16-5-3-14(4-6-16)17-12-19(24-20(13-17)21-2-1-11-29-21)15-7-9-18(10-8-15)25-30(27)28/h1-13,30H,(H2,23,26)(H,25,27,28). The lowest BCUT2D eigenvalue weighted by molar-refractivity contribution is 0.100. The van der Waals surface area contributed by atoms with E-state index in [0.29, 0.717) is 28.4 Å². The molecule has 4 aromatic rings. The lowest BCUT2D eigenvalue weighted by Crippen LogP contribution is -2.10. The zero-order valence-corrected chi connectivity index (χ0v) is 16.5. The van der Waals surface area contributed by atoms with Crippen LogP contribution in [0.5, 0.6) is 0 Å². The Hall–Kier alpha value is -3.91. The second kappa shape index (κ2) is 8.22. The summed E-state index contributed by atoms with van der Waals surface area (Å²) in [4.78, 5) is 16.0. The van der Waals surface area contributed by atoms with Crippen LogP contribution in [0.15, 0.2) is 83.5 Å². The summed E-state index contributed by atoms with van der Waals surface area (Å²) in [5.41, 5.74) is 10.1. The van der Waals surface area contributed by atoms with Crippen LogP contribution >= 0.6 is 0 Å². The topological polar surface area (TPSA) is 115 Å². The van der Waals surface area contributed by atoms with E-state index in [9.17, 15) is 13.2 Å². The molecule has 8 heteroatoms. The van der Waals surface area contributed by atoms with Crippen molar-refractivity contribution in [3.05, 3.63) is 84.6 Å². The summed E-state index contributed by atoms with van der Waals surface area (Å²) in [6.07, 6.45) is 1.58. The van der Waals surface area contributed by atoms with Gasteiger partial charge < -0.3 is 10.2 Å². The molecule has 0 aliphatic heterocycles. The molecular formula is C22H17N3O4S. The average molecular weight is 419 g/mol. The molecule has 150 valence electrons. The number of carbonyl (C=O) groups is 1. The van der Waals surface area contributed by atoms with Gasteiger partial charge in [0.25, 0.3) is 0 Å². The number of thiol groups is 1. The van der Waals surface area contributed by atoms with Crippen molar-refractivity contribution in [1.29, 1.82) is 0 Å². The van der Waals surface area contributed by atoms with E-state index in [0.717, 1.165) is 16.7 Å². The minimum Gasteiger partial charge on any atom is -0.463 e. The third-order valence-corrected chi connectivity index (χ3v) is 4.94. The zero-order valence-electron chi connectivity index (χ0n) is 15.6. The number of anilines is 1. The fourth-order valence-electron chi connectivity index (χ4n) is 3.04. The second-order valence-corrected chi connectivity index (χ2v) is 7.23. The summed E-state index contributed by atoms with van der Waals surface area (Å²) in [5, 5.41) is 0. The number of carbonyl (C=O) groups excluding carboxylic acids is 1. The van der Waals surface area contributed by atoms with Gasteiger partial charge in [0.05, 0.1) is 12.0 Å².